The van der Waals surface area contributed by atoms with E-state index in [4.69, 9.17) is 14.2 Å². The summed E-state index contributed by atoms with van der Waals surface area (Å²) >= 11 is 0. The molecule has 5 rings (SSSR count). The SMILES string of the molecule is CC1=C2C3O[C@@H](CN(C)C)O[C@H]3[C@]3(C)CCC4OCC4C3C(C)[C@](O)(CC1)C2(C)C. The normalized spacial score (nSPS) is 52.1. The lowest BCUT2D eigenvalue weighted by Crippen LogP contribution is -2.68. The third-order valence-corrected chi connectivity index (χ3v) is 9.88. The van der Waals surface area contributed by atoms with Crippen molar-refractivity contribution in [1.82, 2.24) is 4.90 Å². The lowest BCUT2D eigenvalue weighted by atomic mass is 9.44. The van der Waals surface area contributed by atoms with Gasteiger partial charge in [0.1, 0.15) is 6.10 Å². The maximum Gasteiger partial charge on any atom is 0.171 e. The Morgan fingerprint density at radius 1 is 1.13 bits per heavy atom. The van der Waals surface area contributed by atoms with Crippen LogP contribution in [0.5, 0.6) is 0 Å². The molecule has 0 amide bonds. The van der Waals surface area contributed by atoms with Crippen molar-refractivity contribution >= 4 is 0 Å². The molecule has 0 aromatic heterocycles. The largest absolute Gasteiger partial charge is 0.389 e. The van der Waals surface area contributed by atoms with Crippen molar-refractivity contribution in [2.24, 2.45) is 28.6 Å². The van der Waals surface area contributed by atoms with Crippen LogP contribution in [0.1, 0.15) is 60.3 Å². The monoisotopic (exact) mass is 419 g/mol. The van der Waals surface area contributed by atoms with E-state index in [2.05, 4.69) is 53.6 Å². The van der Waals surface area contributed by atoms with Crippen molar-refractivity contribution < 1.29 is 19.3 Å². The van der Waals surface area contributed by atoms with E-state index in [0.717, 1.165) is 38.8 Å². The summed E-state index contributed by atoms with van der Waals surface area (Å²) in [6.07, 6.45) is 4.04. The number of hydrogen-bond acceptors (Lipinski definition) is 5. The van der Waals surface area contributed by atoms with E-state index in [1.807, 2.05) is 0 Å². The van der Waals surface area contributed by atoms with Crippen LogP contribution in [-0.4, -0.2) is 67.5 Å². The van der Waals surface area contributed by atoms with Crippen LogP contribution in [0.3, 0.4) is 0 Å². The maximum atomic E-state index is 12.4. The summed E-state index contributed by atoms with van der Waals surface area (Å²) < 4.78 is 19.5. The first-order valence-corrected chi connectivity index (χ1v) is 12.0. The number of allylic oxidation sites excluding steroid dienone is 1. The fourth-order valence-electron chi connectivity index (χ4n) is 8.25. The number of nitrogens with zero attached hydrogens (tertiary/aromatic N) is 1. The van der Waals surface area contributed by atoms with Gasteiger partial charge in [-0.1, -0.05) is 33.3 Å². The molecule has 5 aliphatic rings. The molecule has 2 bridgehead atoms. The van der Waals surface area contributed by atoms with Crippen molar-refractivity contribution in [3.8, 4) is 0 Å². The Morgan fingerprint density at radius 2 is 1.87 bits per heavy atom. The number of fused-ring (bicyclic) bond motifs is 8. The minimum atomic E-state index is -0.737. The highest BCUT2D eigenvalue weighted by Crippen LogP contribution is 2.65. The third kappa shape index (κ3) is 2.65. The first-order chi connectivity index (χ1) is 14.0. The zero-order valence-electron chi connectivity index (χ0n) is 19.9. The second kappa shape index (κ2) is 6.77. The highest BCUT2D eigenvalue weighted by atomic mass is 16.7. The Kier molecular flexibility index (Phi) is 4.83. The van der Waals surface area contributed by atoms with Crippen LogP contribution in [0.2, 0.25) is 0 Å². The van der Waals surface area contributed by atoms with Gasteiger partial charge in [0.2, 0.25) is 0 Å². The van der Waals surface area contributed by atoms with Gasteiger partial charge in [-0.05, 0) is 64.1 Å². The van der Waals surface area contributed by atoms with Gasteiger partial charge in [0.05, 0.1) is 24.4 Å². The van der Waals surface area contributed by atoms with Crippen LogP contribution in [0.15, 0.2) is 11.1 Å². The molecular formula is C25H41NO4. The number of rotatable bonds is 2. The summed E-state index contributed by atoms with van der Waals surface area (Å²) in [7, 11) is 4.15. The fourth-order valence-corrected chi connectivity index (χ4v) is 8.25. The molecule has 0 aromatic rings. The summed E-state index contributed by atoms with van der Waals surface area (Å²) in [5.41, 5.74) is 1.60. The molecule has 170 valence electrons. The van der Waals surface area contributed by atoms with E-state index in [9.17, 15) is 5.11 Å². The smallest absolute Gasteiger partial charge is 0.171 e. The molecule has 2 saturated carbocycles. The van der Waals surface area contributed by atoms with Crippen LogP contribution in [0.4, 0.5) is 0 Å². The number of ether oxygens (including phenoxy) is 3. The van der Waals surface area contributed by atoms with Gasteiger partial charge in [-0.3, -0.25) is 0 Å². The zero-order chi connectivity index (χ0) is 21.6. The molecule has 0 aromatic carbocycles. The lowest BCUT2D eigenvalue weighted by Gasteiger charge is -2.65. The fraction of sp³-hybridized carbons (Fsp3) is 0.920. The summed E-state index contributed by atoms with van der Waals surface area (Å²) in [5, 5.41) is 12.4. The average Bonchev–Trinajstić information content (AvgIpc) is 3.02. The Morgan fingerprint density at radius 3 is 2.50 bits per heavy atom. The molecule has 5 nitrogen and oxygen atoms in total. The van der Waals surface area contributed by atoms with Crippen molar-refractivity contribution in [3.63, 3.8) is 0 Å². The minimum absolute atomic E-state index is 0.0244. The first kappa shape index (κ1) is 21.4. The van der Waals surface area contributed by atoms with Crippen LogP contribution in [0.25, 0.3) is 0 Å². The summed E-state index contributed by atoms with van der Waals surface area (Å²) in [6.45, 7) is 13.1. The van der Waals surface area contributed by atoms with Gasteiger partial charge in [0.15, 0.2) is 6.29 Å². The first-order valence-electron chi connectivity index (χ1n) is 12.0. The highest BCUT2D eigenvalue weighted by molar-refractivity contribution is 5.36. The van der Waals surface area contributed by atoms with Gasteiger partial charge >= 0.3 is 0 Å². The predicted octanol–water partition coefficient (Wildman–Crippen LogP) is 3.61. The molecule has 3 aliphatic carbocycles. The van der Waals surface area contributed by atoms with Gasteiger partial charge in [-0.2, -0.15) is 0 Å². The molecule has 0 radical (unpaired) electrons. The van der Waals surface area contributed by atoms with Crippen LogP contribution in [-0.2, 0) is 14.2 Å². The van der Waals surface area contributed by atoms with Crippen molar-refractivity contribution in [2.45, 2.75) is 90.5 Å². The minimum Gasteiger partial charge on any atom is -0.389 e. The Bertz CT molecular complexity index is 747. The van der Waals surface area contributed by atoms with Crippen molar-refractivity contribution in [2.75, 3.05) is 27.2 Å². The van der Waals surface area contributed by atoms with Gasteiger partial charge in [-0.15, -0.1) is 0 Å². The Hall–Kier alpha value is -0.460. The maximum absolute atomic E-state index is 12.4. The van der Waals surface area contributed by atoms with Gasteiger partial charge in [-0.25, -0.2) is 0 Å². The molecule has 2 aliphatic heterocycles. The van der Waals surface area contributed by atoms with E-state index in [1.54, 1.807) is 0 Å². The topological polar surface area (TPSA) is 51.2 Å². The molecule has 5 heteroatoms. The highest BCUT2D eigenvalue weighted by Gasteiger charge is 2.68. The molecule has 2 saturated heterocycles. The summed E-state index contributed by atoms with van der Waals surface area (Å²) in [6, 6.07) is 0. The number of likely N-dealkylation sites (N-methyl/N-ethyl adjacent to an activating group) is 1. The van der Waals surface area contributed by atoms with E-state index in [0.29, 0.717) is 17.9 Å². The van der Waals surface area contributed by atoms with Crippen LogP contribution >= 0.6 is 0 Å². The molecule has 4 fully saturated rings. The van der Waals surface area contributed by atoms with Crippen molar-refractivity contribution in [3.05, 3.63) is 11.1 Å². The summed E-state index contributed by atoms with van der Waals surface area (Å²) in [4.78, 5) is 2.15. The quantitative estimate of drug-likeness (QED) is 0.693. The molecule has 5 unspecified atom stereocenters. The number of aliphatic hydroxyl groups is 1. The molecule has 30 heavy (non-hydrogen) atoms. The molecule has 0 spiro atoms. The predicted molar refractivity (Wildman–Crippen MR) is 116 cm³/mol. The van der Waals surface area contributed by atoms with E-state index in [-0.39, 0.29) is 35.2 Å². The second-order valence-electron chi connectivity index (χ2n) is 11.9. The lowest BCUT2D eigenvalue weighted by molar-refractivity contribution is -0.255. The van der Waals surface area contributed by atoms with Crippen LogP contribution < -0.4 is 0 Å². The van der Waals surface area contributed by atoms with Crippen molar-refractivity contribution in [1.29, 1.82) is 0 Å². The van der Waals surface area contributed by atoms with Gasteiger partial charge in [0, 0.05) is 23.3 Å². The second-order valence-corrected chi connectivity index (χ2v) is 11.9. The molecular weight excluding hydrogens is 378 g/mol. The number of hydrogen-bond donors (Lipinski definition) is 1. The molecule has 2 heterocycles. The molecule has 9 atom stereocenters. The van der Waals surface area contributed by atoms with E-state index >= 15 is 0 Å². The standard InChI is InChI=1S/C25H41NO4/c1-14-8-11-25(27)15(2)20-16-13-28-17(16)9-10-24(20,5)22-21(19(14)23(25,3)4)29-18(30-22)12-26(6)7/h15-18,20-22,27H,8-13H2,1-7H3/t15?,16?,17?,18-,20?,21?,22-,24-,25-/m1/s1. The van der Waals surface area contributed by atoms with E-state index in [1.165, 1.54) is 11.1 Å². The van der Waals surface area contributed by atoms with Gasteiger partial charge in [0.25, 0.3) is 0 Å². The Labute approximate surface area is 182 Å². The molecule has 1 N–H and O–H groups in total. The summed E-state index contributed by atoms with van der Waals surface area (Å²) in [5.74, 6) is 1.09. The third-order valence-electron chi connectivity index (χ3n) is 9.88. The van der Waals surface area contributed by atoms with Gasteiger partial charge < -0.3 is 24.2 Å². The zero-order valence-corrected chi connectivity index (χ0v) is 19.9. The average molecular weight is 420 g/mol. The Balaban J connectivity index is 1.67. The van der Waals surface area contributed by atoms with Crippen LogP contribution in [0, 0.1) is 28.6 Å². The van der Waals surface area contributed by atoms with E-state index < -0.39 is 5.60 Å².